The molecule has 2 rings (SSSR count). The predicted molar refractivity (Wildman–Crippen MR) is 45.4 cm³/mol. The molecule has 1 aliphatic rings. The average molecular weight is 167 g/mol. The molecule has 0 saturated carbocycles. The van der Waals surface area contributed by atoms with Crippen LogP contribution in [0, 0.1) is 0 Å². The summed E-state index contributed by atoms with van der Waals surface area (Å²) in [6.45, 7) is 3.12. The van der Waals surface area contributed by atoms with Gasteiger partial charge in [0.25, 0.3) is 0 Å². The summed E-state index contributed by atoms with van der Waals surface area (Å²) in [4.78, 5) is 2.33. The van der Waals surface area contributed by atoms with Crippen molar-refractivity contribution < 1.29 is 4.52 Å². The third-order valence-electron chi connectivity index (χ3n) is 2.24. The zero-order valence-corrected chi connectivity index (χ0v) is 6.99. The van der Waals surface area contributed by atoms with Crippen LogP contribution in [0.15, 0.2) is 10.7 Å². The maximum atomic E-state index is 5.64. The summed E-state index contributed by atoms with van der Waals surface area (Å²) in [5, 5.41) is 3.64. The van der Waals surface area contributed by atoms with E-state index in [1.807, 2.05) is 0 Å². The number of hydrogen-bond donors (Lipinski definition) is 1. The average Bonchev–Trinajstić information content (AvgIpc) is 2.65. The lowest BCUT2D eigenvalue weighted by atomic mass is 10.4. The second kappa shape index (κ2) is 3.15. The van der Waals surface area contributed by atoms with Crippen LogP contribution in [0.1, 0.15) is 18.6 Å². The van der Waals surface area contributed by atoms with Gasteiger partial charge in [0, 0.05) is 0 Å². The molecule has 1 aliphatic heterocycles. The summed E-state index contributed by atoms with van der Waals surface area (Å²) in [7, 11) is 0. The Kier molecular flexibility index (Phi) is 1.99. The molecule has 12 heavy (non-hydrogen) atoms. The summed E-state index contributed by atoms with van der Waals surface area (Å²) in [6, 6.07) is 0. The Hall–Kier alpha value is -1.03. The fourth-order valence-corrected chi connectivity index (χ4v) is 1.54. The molecule has 2 heterocycles. The highest BCUT2D eigenvalue weighted by Gasteiger charge is 2.15. The monoisotopic (exact) mass is 167 g/mol. The molecule has 1 aromatic rings. The van der Waals surface area contributed by atoms with Crippen LogP contribution < -0.4 is 5.73 Å². The molecule has 4 heteroatoms. The first-order valence-electron chi connectivity index (χ1n) is 4.27. The lowest BCUT2D eigenvalue weighted by Crippen LogP contribution is -2.18. The van der Waals surface area contributed by atoms with Gasteiger partial charge in [0.15, 0.2) is 5.76 Å². The van der Waals surface area contributed by atoms with Gasteiger partial charge in [0.05, 0.1) is 18.4 Å². The van der Waals surface area contributed by atoms with E-state index in [-0.39, 0.29) is 0 Å². The highest BCUT2D eigenvalue weighted by atomic mass is 16.5. The number of nitrogen functional groups attached to an aromatic ring is 1. The van der Waals surface area contributed by atoms with Gasteiger partial charge in [-0.15, -0.1) is 0 Å². The van der Waals surface area contributed by atoms with Gasteiger partial charge in [0.2, 0.25) is 0 Å². The molecule has 0 atom stereocenters. The molecule has 0 aromatic carbocycles. The first-order valence-corrected chi connectivity index (χ1v) is 4.27. The molecule has 0 amide bonds. The number of nitrogens with zero attached hydrogens (tertiary/aromatic N) is 2. The molecule has 1 fully saturated rings. The molecular formula is C8H13N3O. The van der Waals surface area contributed by atoms with Crippen molar-refractivity contribution >= 4 is 5.69 Å². The van der Waals surface area contributed by atoms with Crippen LogP contribution in [0.5, 0.6) is 0 Å². The smallest absolute Gasteiger partial charge is 0.173 e. The quantitative estimate of drug-likeness (QED) is 0.709. The van der Waals surface area contributed by atoms with E-state index in [4.69, 9.17) is 10.3 Å². The Balaban J connectivity index is 1.98. The minimum atomic E-state index is 0.668. The van der Waals surface area contributed by atoms with Crippen molar-refractivity contribution in [2.45, 2.75) is 19.4 Å². The van der Waals surface area contributed by atoms with E-state index in [0.717, 1.165) is 25.4 Å². The largest absolute Gasteiger partial charge is 0.395 e. The van der Waals surface area contributed by atoms with Gasteiger partial charge in [-0.3, -0.25) is 4.90 Å². The first-order chi connectivity index (χ1) is 5.86. The van der Waals surface area contributed by atoms with Crippen molar-refractivity contribution in [1.82, 2.24) is 10.1 Å². The molecule has 0 aliphatic carbocycles. The number of nitrogens with two attached hydrogens (primary N) is 1. The molecule has 0 unspecified atom stereocenters. The van der Waals surface area contributed by atoms with E-state index in [1.54, 1.807) is 6.20 Å². The highest BCUT2D eigenvalue weighted by molar-refractivity contribution is 5.37. The van der Waals surface area contributed by atoms with Gasteiger partial charge in [-0.05, 0) is 25.9 Å². The van der Waals surface area contributed by atoms with Crippen LogP contribution in [0.3, 0.4) is 0 Å². The summed E-state index contributed by atoms with van der Waals surface area (Å²) in [5.74, 6) is 0.803. The van der Waals surface area contributed by atoms with Crippen molar-refractivity contribution in [3.63, 3.8) is 0 Å². The van der Waals surface area contributed by atoms with Gasteiger partial charge in [-0.25, -0.2) is 0 Å². The van der Waals surface area contributed by atoms with Crippen LogP contribution in [0.25, 0.3) is 0 Å². The topological polar surface area (TPSA) is 55.3 Å². The number of likely N-dealkylation sites (tertiary alicyclic amines) is 1. The van der Waals surface area contributed by atoms with Gasteiger partial charge < -0.3 is 10.3 Å². The van der Waals surface area contributed by atoms with Crippen LogP contribution >= 0.6 is 0 Å². The van der Waals surface area contributed by atoms with Crippen LogP contribution in [0.4, 0.5) is 5.69 Å². The maximum absolute atomic E-state index is 5.64. The normalized spacial score (nSPS) is 18.7. The maximum Gasteiger partial charge on any atom is 0.173 e. The van der Waals surface area contributed by atoms with Crippen molar-refractivity contribution in [3.05, 3.63) is 12.0 Å². The summed E-state index contributed by atoms with van der Waals surface area (Å²) in [5.41, 5.74) is 6.30. The van der Waals surface area contributed by atoms with E-state index in [2.05, 4.69) is 10.1 Å². The third kappa shape index (κ3) is 1.43. The predicted octanol–water partition coefficient (Wildman–Crippen LogP) is 0.853. The van der Waals surface area contributed by atoms with Crippen LogP contribution in [0.2, 0.25) is 0 Å². The van der Waals surface area contributed by atoms with E-state index < -0.39 is 0 Å². The van der Waals surface area contributed by atoms with Crippen molar-refractivity contribution in [3.8, 4) is 0 Å². The Morgan fingerprint density at radius 1 is 1.50 bits per heavy atom. The molecule has 2 N–H and O–H groups in total. The van der Waals surface area contributed by atoms with Crippen molar-refractivity contribution in [2.75, 3.05) is 18.8 Å². The van der Waals surface area contributed by atoms with Gasteiger partial charge in [-0.2, -0.15) is 0 Å². The molecule has 1 aromatic heterocycles. The molecule has 4 nitrogen and oxygen atoms in total. The van der Waals surface area contributed by atoms with Crippen molar-refractivity contribution in [1.29, 1.82) is 0 Å². The highest BCUT2D eigenvalue weighted by Crippen LogP contribution is 2.16. The fourth-order valence-electron chi connectivity index (χ4n) is 1.54. The zero-order valence-electron chi connectivity index (χ0n) is 6.99. The Labute approximate surface area is 71.3 Å². The van der Waals surface area contributed by atoms with Crippen LogP contribution in [-0.2, 0) is 6.54 Å². The van der Waals surface area contributed by atoms with Gasteiger partial charge in [-0.1, -0.05) is 5.16 Å². The Morgan fingerprint density at radius 3 is 2.83 bits per heavy atom. The summed E-state index contributed by atoms with van der Waals surface area (Å²) >= 11 is 0. The van der Waals surface area contributed by atoms with Crippen LogP contribution in [-0.4, -0.2) is 23.1 Å². The first kappa shape index (κ1) is 7.61. The fraction of sp³-hybridized carbons (Fsp3) is 0.625. The van der Waals surface area contributed by atoms with E-state index >= 15 is 0 Å². The Morgan fingerprint density at radius 2 is 2.25 bits per heavy atom. The number of rotatable bonds is 2. The molecule has 0 radical (unpaired) electrons. The standard InChI is InChI=1S/C8H13N3O/c9-7-5-10-12-8(7)6-11-3-1-2-4-11/h5H,1-4,6,9H2. The number of hydrogen-bond acceptors (Lipinski definition) is 4. The van der Waals surface area contributed by atoms with Crippen molar-refractivity contribution in [2.24, 2.45) is 0 Å². The SMILES string of the molecule is Nc1cnoc1CN1CCCC1. The third-order valence-corrected chi connectivity index (χ3v) is 2.24. The number of aromatic nitrogens is 1. The molecule has 1 saturated heterocycles. The van der Waals surface area contributed by atoms with E-state index in [9.17, 15) is 0 Å². The minimum absolute atomic E-state index is 0.668. The number of anilines is 1. The van der Waals surface area contributed by atoms with E-state index in [0.29, 0.717) is 5.69 Å². The molecule has 0 bridgehead atoms. The second-order valence-corrected chi connectivity index (χ2v) is 3.19. The molecule has 0 spiro atoms. The summed E-state index contributed by atoms with van der Waals surface area (Å²) < 4.78 is 5.01. The molecule has 66 valence electrons. The summed E-state index contributed by atoms with van der Waals surface area (Å²) in [6.07, 6.45) is 4.13. The lowest BCUT2D eigenvalue weighted by molar-refractivity contribution is 0.275. The van der Waals surface area contributed by atoms with Gasteiger partial charge >= 0.3 is 0 Å². The lowest BCUT2D eigenvalue weighted by Gasteiger charge is -2.11. The Bertz CT molecular complexity index is 253. The molecular weight excluding hydrogens is 154 g/mol. The van der Waals surface area contributed by atoms with Gasteiger partial charge in [0.1, 0.15) is 0 Å². The second-order valence-electron chi connectivity index (χ2n) is 3.19. The zero-order chi connectivity index (χ0) is 8.39. The minimum Gasteiger partial charge on any atom is -0.395 e. The van der Waals surface area contributed by atoms with E-state index in [1.165, 1.54) is 12.8 Å².